The van der Waals surface area contributed by atoms with Gasteiger partial charge in [0.2, 0.25) is 0 Å². The molecule has 1 aliphatic rings. The Labute approximate surface area is 138 Å². The quantitative estimate of drug-likeness (QED) is 0.480. The zero-order chi connectivity index (χ0) is 16.7. The molecule has 1 aromatic carbocycles. The molecule has 0 unspecified atom stereocenters. The summed E-state index contributed by atoms with van der Waals surface area (Å²) in [6.45, 7) is 5.73. The van der Waals surface area contributed by atoms with Crippen molar-refractivity contribution in [2.24, 2.45) is 0 Å². The van der Waals surface area contributed by atoms with Crippen LogP contribution in [0, 0.1) is 11.3 Å². The zero-order valence-corrected chi connectivity index (χ0v) is 13.9. The highest BCUT2D eigenvalue weighted by molar-refractivity contribution is 5.98. The van der Waals surface area contributed by atoms with Crippen LogP contribution in [-0.2, 0) is 9.53 Å². The van der Waals surface area contributed by atoms with E-state index in [-0.39, 0.29) is 11.7 Å². The number of hydrogen-bond donors (Lipinski definition) is 0. The molecule has 1 fully saturated rings. The van der Waals surface area contributed by atoms with Crippen LogP contribution in [-0.4, -0.2) is 25.2 Å². The van der Waals surface area contributed by atoms with Crippen molar-refractivity contribution in [1.82, 2.24) is 0 Å². The molecule has 0 amide bonds. The van der Waals surface area contributed by atoms with Crippen LogP contribution in [0.5, 0.6) is 0 Å². The topological polar surface area (TPSA) is 53.3 Å². The molecule has 1 aromatic rings. The van der Waals surface area contributed by atoms with Crippen LogP contribution in [0.15, 0.2) is 29.8 Å². The third kappa shape index (κ3) is 5.14. The molecular weight excluding hydrogens is 288 g/mol. The maximum atomic E-state index is 11.8. The van der Waals surface area contributed by atoms with Crippen molar-refractivity contribution in [2.45, 2.75) is 45.6 Å². The molecule has 1 aliphatic heterocycles. The number of carbonyl (C=O) groups is 1. The Morgan fingerprint density at radius 1 is 1.17 bits per heavy atom. The van der Waals surface area contributed by atoms with E-state index in [9.17, 15) is 4.79 Å². The Hall–Kier alpha value is -2.28. The molecule has 0 radical (unpaired) electrons. The highest BCUT2D eigenvalue weighted by Crippen LogP contribution is 2.21. The Balaban J connectivity index is 2.10. The molecule has 0 bridgehead atoms. The van der Waals surface area contributed by atoms with Crippen molar-refractivity contribution in [3.63, 3.8) is 0 Å². The largest absolute Gasteiger partial charge is 0.459 e. The molecule has 1 heterocycles. The first-order valence-electron chi connectivity index (χ1n) is 8.28. The van der Waals surface area contributed by atoms with Crippen LogP contribution in [0.2, 0.25) is 0 Å². The lowest BCUT2D eigenvalue weighted by molar-refractivity contribution is -0.142. The fourth-order valence-corrected chi connectivity index (χ4v) is 2.69. The van der Waals surface area contributed by atoms with Crippen LogP contribution in [0.4, 0.5) is 5.69 Å². The summed E-state index contributed by atoms with van der Waals surface area (Å²) in [5, 5.41) is 9.13. The molecule has 23 heavy (non-hydrogen) atoms. The minimum atomic E-state index is -0.570. The number of nitrogens with zero attached hydrogens (tertiary/aromatic N) is 2. The van der Waals surface area contributed by atoms with Gasteiger partial charge in [-0.15, -0.1) is 0 Å². The van der Waals surface area contributed by atoms with Gasteiger partial charge in [-0.2, -0.15) is 5.26 Å². The van der Waals surface area contributed by atoms with Crippen molar-refractivity contribution in [1.29, 1.82) is 5.26 Å². The summed E-state index contributed by atoms with van der Waals surface area (Å²) in [5.41, 5.74) is 2.06. The van der Waals surface area contributed by atoms with E-state index in [0.717, 1.165) is 18.7 Å². The van der Waals surface area contributed by atoms with E-state index in [4.69, 9.17) is 10.00 Å². The number of ether oxygens (including phenoxy) is 1. The molecule has 4 nitrogen and oxygen atoms in total. The maximum absolute atomic E-state index is 11.8. The lowest BCUT2D eigenvalue weighted by atomic mass is 10.1. The van der Waals surface area contributed by atoms with E-state index in [1.165, 1.54) is 31.4 Å². The number of hydrogen-bond acceptors (Lipinski definition) is 4. The van der Waals surface area contributed by atoms with E-state index in [0.29, 0.717) is 0 Å². The molecule has 0 saturated carbocycles. The Morgan fingerprint density at radius 2 is 1.78 bits per heavy atom. The maximum Gasteiger partial charge on any atom is 0.349 e. The van der Waals surface area contributed by atoms with E-state index in [1.807, 2.05) is 18.2 Å². The summed E-state index contributed by atoms with van der Waals surface area (Å²) in [6, 6.07) is 9.92. The predicted octanol–water partition coefficient (Wildman–Crippen LogP) is 3.93. The van der Waals surface area contributed by atoms with Crippen LogP contribution in [0.3, 0.4) is 0 Å². The van der Waals surface area contributed by atoms with Gasteiger partial charge < -0.3 is 9.64 Å². The number of carbonyl (C=O) groups excluding carboxylic acids is 1. The summed E-state index contributed by atoms with van der Waals surface area (Å²) in [6.07, 6.45) is 6.44. The number of benzene rings is 1. The third-order valence-corrected chi connectivity index (χ3v) is 3.86. The SMILES string of the molecule is CC(C)OC(=O)/C(C#N)=C/c1ccc(N2CCCCCC2)cc1. The van der Waals surface area contributed by atoms with Crippen molar-refractivity contribution in [3.05, 3.63) is 35.4 Å². The summed E-state index contributed by atoms with van der Waals surface area (Å²) in [7, 11) is 0. The van der Waals surface area contributed by atoms with Gasteiger partial charge in [0.15, 0.2) is 0 Å². The van der Waals surface area contributed by atoms with Crippen LogP contribution in [0.1, 0.15) is 45.1 Å². The summed E-state index contributed by atoms with van der Waals surface area (Å²) in [4.78, 5) is 14.2. The first kappa shape index (κ1) is 17.1. The van der Waals surface area contributed by atoms with Gasteiger partial charge in [-0.05, 0) is 50.5 Å². The predicted molar refractivity (Wildman–Crippen MR) is 91.9 cm³/mol. The monoisotopic (exact) mass is 312 g/mol. The summed E-state index contributed by atoms with van der Waals surface area (Å²) >= 11 is 0. The van der Waals surface area contributed by atoms with Gasteiger partial charge in [0.05, 0.1) is 6.10 Å². The molecule has 2 rings (SSSR count). The standard InChI is InChI=1S/C19H24N2O2/c1-15(2)23-19(22)17(14-20)13-16-7-9-18(10-8-16)21-11-5-3-4-6-12-21/h7-10,13,15H,3-6,11-12H2,1-2H3/b17-13+. The van der Waals surface area contributed by atoms with Gasteiger partial charge in [0.1, 0.15) is 11.6 Å². The van der Waals surface area contributed by atoms with Crippen LogP contribution in [0.25, 0.3) is 6.08 Å². The average molecular weight is 312 g/mol. The average Bonchev–Trinajstić information content (AvgIpc) is 2.81. The smallest absolute Gasteiger partial charge is 0.349 e. The van der Waals surface area contributed by atoms with Crippen molar-refractivity contribution in [3.8, 4) is 6.07 Å². The van der Waals surface area contributed by atoms with E-state index in [1.54, 1.807) is 19.9 Å². The second kappa shape index (κ2) is 8.38. The zero-order valence-electron chi connectivity index (χ0n) is 13.9. The third-order valence-electron chi connectivity index (χ3n) is 3.86. The van der Waals surface area contributed by atoms with Gasteiger partial charge in [0.25, 0.3) is 0 Å². The first-order valence-corrected chi connectivity index (χ1v) is 8.28. The van der Waals surface area contributed by atoms with Crippen LogP contribution < -0.4 is 4.90 Å². The second-order valence-electron chi connectivity index (χ2n) is 6.12. The number of nitriles is 1. The highest BCUT2D eigenvalue weighted by Gasteiger charge is 2.13. The van der Waals surface area contributed by atoms with E-state index >= 15 is 0 Å². The Morgan fingerprint density at radius 3 is 2.30 bits per heavy atom. The number of rotatable bonds is 4. The minimum Gasteiger partial charge on any atom is -0.459 e. The lowest BCUT2D eigenvalue weighted by Gasteiger charge is -2.22. The highest BCUT2D eigenvalue weighted by atomic mass is 16.5. The lowest BCUT2D eigenvalue weighted by Crippen LogP contribution is -2.23. The van der Waals surface area contributed by atoms with Crippen LogP contribution >= 0.6 is 0 Å². The van der Waals surface area contributed by atoms with E-state index < -0.39 is 5.97 Å². The van der Waals surface area contributed by atoms with Gasteiger partial charge in [0, 0.05) is 18.8 Å². The van der Waals surface area contributed by atoms with Gasteiger partial charge in [-0.3, -0.25) is 0 Å². The number of esters is 1. The normalized spacial score (nSPS) is 15.9. The number of anilines is 1. The molecular formula is C19H24N2O2. The molecule has 0 aromatic heterocycles. The van der Waals surface area contributed by atoms with Gasteiger partial charge in [-0.25, -0.2) is 4.79 Å². The van der Waals surface area contributed by atoms with Crippen molar-refractivity contribution >= 4 is 17.7 Å². The van der Waals surface area contributed by atoms with E-state index in [2.05, 4.69) is 17.0 Å². The second-order valence-corrected chi connectivity index (χ2v) is 6.12. The molecule has 0 spiro atoms. The van der Waals surface area contributed by atoms with Gasteiger partial charge in [-0.1, -0.05) is 25.0 Å². The fourth-order valence-electron chi connectivity index (χ4n) is 2.69. The molecule has 0 N–H and O–H groups in total. The molecule has 1 saturated heterocycles. The van der Waals surface area contributed by atoms with Crippen molar-refractivity contribution < 1.29 is 9.53 Å². The summed E-state index contributed by atoms with van der Waals surface area (Å²) < 4.78 is 5.07. The summed E-state index contributed by atoms with van der Waals surface area (Å²) in [5.74, 6) is -0.570. The first-order chi connectivity index (χ1) is 11.1. The molecule has 122 valence electrons. The Bertz CT molecular complexity index is 589. The van der Waals surface area contributed by atoms with Crippen molar-refractivity contribution in [2.75, 3.05) is 18.0 Å². The minimum absolute atomic E-state index is 0.0289. The molecule has 4 heteroatoms. The molecule has 0 aliphatic carbocycles. The Kier molecular flexibility index (Phi) is 6.22. The van der Waals surface area contributed by atoms with Gasteiger partial charge >= 0.3 is 5.97 Å². The fraction of sp³-hybridized carbons (Fsp3) is 0.474. The molecule has 0 atom stereocenters.